The van der Waals surface area contributed by atoms with E-state index in [1.165, 1.54) is 24.3 Å². The lowest BCUT2D eigenvalue weighted by molar-refractivity contribution is -0.128. The molecule has 0 heterocycles. The minimum Gasteiger partial charge on any atom is -0.768 e. The van der Waals surface area contributed by atoms with Crippen LogP contribution in [0.2, 0.25) is 0 Å². The number of hydrogen-bond donors (Lipinski definition) is 0. The van der Waals surface area contributed by atoms with Gasteiger partial charge in [-0.25, -0.2) is 4.79 Å². The number of esters is 1. The van der Waals surface area contributed by atoms with Crippen LogP contribution in [0.25, 0.3) is 0 Å². The van der Waals surface area contributed by atoms with Gasteiger partial charge in [0.1, 0.15) is 5.75 Å². The molecule has 1 aromatic carbocycles. The number of rotatable bonds is 3. The first-order chi connectivity index (χ1) is 6.63. The topological polar surface area (TPSA) is 66.4 Å². The number of carbonyl (C=O) groups excluding carboxylic acids is 1. The lowest BCUT2D eigenvalue weighted by Gasteiger charge is -2.06. The minimum atomic E-state index is -2.32. The van der Waals surface area contributed by atoms with E-state index in [9.17, 15) is 13.6 Å². The highest BCUT2D eigenvalue weighted by Gasteiger charge is 2.00. The molecule has 4 nitrogen and oxygen atoms in total. The Hall–Kier alpha value is -1.46. The van der Waals surface area contributed by atoms with E-state index in [0.29, 0.717) is 0 Å². The quantitative estimate of drug-likeness (QED) is 0.324. The van der Waals surface area contributed by atoms with Gasteiger partial charge in [-0.15, -0.1) is 0 Å². The second kappa shape index (κ2) is 4.69. The normalized spacial score (nSPS) is 11.8. The summed E-state index contributed by atoms with van der Waals surface area (Å²) >= 11 is -2.32. The van der Waals surface area contributed by atoms with Gasteiger partial charge in [-0.3, -0.25) is 4.21 Å². The smallest absolute Gasteiger partial charge is 0.335 e. The highest BCUT2D eigenvalue weighted by atomic mass is 32.2. The first kappa shape index (κ1) is 10.6. The Morgan fingerprint density at radius 3 is 2.86 bits per heavy atom. The molecule has 0 spiro atoms. The summed E-state index contributed by atoms with van der Waals surface area (Å²) in [5.74, 6) is -0.449. The Kier molecular flexibility index (Phi) is 3.55. The maximum Gasteiger partial charge on any atom is 0.335 e. The van der Waals surface area contributed by atoms with Crippen LogP contribution in [0.3, 0.4) is 0 Å². The van der Waals surface area contributed by atoms with E-state index >= 15 is 0 Å². The minimum absolute atomic E-state index is 0.0689. The number of ether oxygens (including phenoxy) is 1. The van der Waals surface area contributed by atoms with E-state index in [4.69, 9.17) is 4.74 Å². The van der Waals surface area contributed by atoms with Crippen molar-refractivity contribution in [1.82, 2.24) is 0 Å². The summed E-state index contributed by atoms with van der Waals surface area (Å²) in [5.41, 5.74) is 0. The molecule has 0 amide bonds. The first-order valence-corrected chi connectivity index (χ1v) is 4.74. The van der Waals surface area contributed by atoms with E-state index in [0.717, 1.165) is 6.08 Å². The molecule has 0 saturated carbocycles. The van der Waals surface area contributed by atoms with Crippen LogP contribution >= 0.6 is 0 Å². The molecular weight excluding hydrogens is 204 g/mol. The third kappa shape index (κ3) is 2.79. The van der Waals surface area contributed by atoms with Crippen LogP contribution in [-0.4, -0.2) is 14.7 Å². The van der Waals surface area contributed by atoms with Gasteiger partial charge in [0.05, 0.1) is 0 Å². The van der Waals surface area contributed by atoms with Crippen molar-refractivity contribution in [3.8, 4) is 5.75 Å². The van der Waals surface area contributed by atoms with Gasteiger partial charge in [0, 0.05) is 11.0 Å². The molecule has 0 aliphatic rings. The van der Waals surface area contributed by atoms with Crippen LogP contribution in [0, 0.1) is 0 Å². The molecule has 1 rings (SSSR count). The zero-order valence-electron chi connectivity index (χ0n) is 7.14. The lowest BCUT2D eigenvalue weighted by Crippen LogP contribution is -2.03. The average Bonchev–Trinajstić information content (AvgIpc) is 2.18. The molecule has 0 saturated heterocycles. The van der Waals surface area contributed by atoms with Gasteiger partial charge < -0.3 is 9.29 Å². The highest BCUT2D eigenvalue weighted by molar-refractivity contribution is 7.79. The van der Waals surface area contributed by atoms with E-state index in [2.05, 4.69) is 6.58 Å². The van der Waals surface area contributed by atoms with Crippen LogP contribution < -0.4 is 4.74 Å². The number of carbonyl (C=O) groups is 1. The van der Waals surface area contributed by atoms with Crippen LogP contribution in [0.15, 0.2) is 41.8 Å². The van der Waals surface area contributed by atoms with Crippen molar-refractivity contribution in [2.75, 3.05) is 0 Å². The summed E-state index contributed by atoms with van der Waals surface area (Å²) in [6, 6.07) is 5.62. The predicted molar refractivity (Wildman–Crippen MR) is 49.5 cm³/mol. The average molecular weight is 211 g/mol. The molecular formula is C9H7O4S-. The maximum absolute atomic E-state index is 10.8. The van der Waals surface area contributed by atoms with E-state index < -0.39 is 17.0 Å². The molecule has 74 valence electrons. The molecule has 5 heteroatoms. The summed E-state index contributed by atoms with van der Waals surface area (Å²) in [5, 5.41) is 0. The Labute approximate surface area is 83.5 Å². The zero-order chi connectivity index (χ0) is 10.6. The van der Waals surface area contributed by atoms with Crippen molar-refractivity contribution in [1.29, 1.82) is 0 Å². The Bertz CT molecular complexity index is 386. The third-order valence-electron chi connectivity index (χ3n) is 1.38. The van der Waals surface area contributed by atoms with Gasteiger partial charge in [-0.2, -0.15) is 0 Å². The van der Waals surface area contributed by atoms with Crippen LogP contribution in [0.4, 0.5) is 0 Å². The maximum atomic E-state index is 10.8. The van der Waals surface area contributed by atoms with Crippen molar-refractivity contribution in [2.24, 2.45) is 0 Å². The van der Waals surface area contributed by atoms with E-state index in [1.54, 1.807) is 0 Å². The van der Waals surface area contributed by atoms with Crippen molar-refractivity contribution in [2.45, 2.75) is 4.90 Å². The molecule has 0 bridgehead atoms. The van der Waals surface area contributed by atoms with Crippen LogP contribution in [-0.2, 0) is 15.9 Å². The SMILES string of the molecule is C=CC(=O)Oc1cccc(S(=O)[O-])c1. The van der Waals surface area contributed by atoms with Gasteiger partial charge in [-0.05, 0) is 29.3 Å². The summed E-state index contributed by atoms with van der Waals surface area (Å²) < 4.78 is 25.8. The van der Waals surface area contributed by atoms with Crippen LogP contribution in [0.1, 0.15) is 0 Å². The fourth-order valence-corrected chi connectivity index (χ4v) is 1.20. The lowest BCUT2D eigenvalue weighted by atomic mass is 10.3. The van der Waals surface area contributed by atoms with E-state index in [1.807, 2.05) is 0 Å². The molecule has 0 fully saturated rings. The van der Waals surface area contributed by atoms with Gasteiger partial charge in [0.2, 0.25) is 0 Å². The Morgan fingerprint density at radius 2 is 2.29 bits per heavy atom. The van der Waals surface area contributed by atoms with Crippen molar-refractivity contribution in [3.63, 3.8) is 0 Å². The van der Waals surface area contributed by atoms with Crippen molar-refractivity contribution in [3.05, 3.63) is 36.9 Å². The summed E-state index contributed by atoms with van der Waals surface area (Å²) in [4.78, 5) is 10.8. The Balaban J connectivity index is 2.88. The van der Waals surface area contributed by atoms with Gasteiger partial charge in [0.25, 0.3) is 0 Å². The number of hydrogen-bond acceptors (Lipinski definition) is 4. The second-order valence-electron chi connectivity index (χ2n) is 2.33. The highest BCUT2D eigenvalue weighted by Crippen LogP contribution is 2.15. The Morgan fingerprint density at radius 1 is 1.57 bits per heavy atom. The van der Waals surface area contributed by atoms with Gasteiger partial charge in [-0.1, -0.05) is 12.6 Å². The molecule has 0 aliphatic carbocycles. The molecule has 14 heavy (non-hydrogen) atoms. The molecule has 1 unspecified atom stereocenters. The number of benzene rings is 1. The standard InChI is InChI=1S/C9H8O4S/c1-2-9(10)13-7-4-3-5-8(6-7)14(11)12/h2-6H,1H2,(H,11,12)/p-1. The molecule has 0 radical (unpaired) electrons. The fourth-order valence-electron chi connectivity index (χ4n) is 0.799. The largest absolute Gasteiger partial charge is 0.768 e. The predicted octanol–water partition coefficient (Wildman–Crippen LogP) is 1.02. The molecule has 0 N–H and O–H groups in total. The monoisotopic (exact) mass is 211 g/mol. The molecule has 1 aromatic rings. The summed E-state index contributed by atoms with van der Waals surface area (Å²) in [7, 11) is 0. The zero-order valence-corrected chi connectivity index (χ0v) is 7.95. The van der Waals surface area contributed by atoms with Crippen molar-refractivity contribution >= 4 is 17.0 Å². The molecule has 0 aliphatic heterocycles. The summed E-state index contributed by atoms with van der Waals surface area (Å²) in [6.45, 7) is 3.22. The first-order valence-electron chi connectivity index (χ1n) is 3.67. The molecule has 1 atom stereocenters. The van der Waals surface area contributed by atoms with Gasteiger partial charge in [0.15, 0.2) is 0 Å². The van der Waals surface area contributed by atoms with E-state index in [-0.39, 0.29) is 10.6 Å². The second-order valence-corrected chi connectivity index (χ2v) is 3.28. The third-order valence-corrected chi connectivity index (χ3v) is 2.02. The van der Waals surface area contributed by atoms with Crippen molar-refractivity contribution < 1.29 is 18.3 Å². The summed E-state index contributed by atoms with van der Waals surface area (Å²) in [6.07, 6.45) is 1.00. The fraction of sp³-hybridized carbons (Fsp3) is 0. The van der Waals surface area contributed by atoms with Crippen LogP contribution in [0.5, 0.6) is 5.75 Å². The van der Waals surface area contributed by atoms with Gasteiger partial charge >= 0.3 is 5.97 Å². The molecule has 0 aromatic heterocycles.